The Balaban J connectivity index is 1.88. The lowest BCUT2D eigenvalue weighted by atomic mass is 9.97. The van der Waals surface area contributed by atoms with Crippen molar-refractivity contribution in [2.24, 2.45) is 0 Å². The van der Waals surface area contributed by atoms with E-state index < -0.39 is 86.1 Å². The van der Waals surface area contributed by atoms with E-state index in [1.807, 2.05) is 0 Å². The Morgan fingerprint density at radius 2 is 1.92 bits per heavy atom. The molecule has 2 heterocycles. The van der Waals surface area contributed by atoms with Crippen molar-refractivity contribution >= 4 is 37.0 Å². The number of nitrogens with zero attached hydrogens (tertiary/aromatic N) is 1. The van der Waals surface area contributed by atoms with Crippen LogP contribution in [0.4, 0.5) is 13.2 Å². The topological polar surface area (TPSA) is 141 Å². The summed E-state index contributed by atoms with van der Waals surface area (Å²) in [4.78, 5) is 36.7. The number of amides is 1. The number of halogens is 4. The number of allylic oxidation sites excluding steroid dienone is 1. The number of esters is 1. The van der Waals surface area contributed by atoms with Gasteiger partial charge in [-0.2, -0.15) is 5.09 Å². The number of hydrogen-bond donors (Lipinski definition) is 2. The first-order chi connectivity index (χ1) is 18.2. The average molecular weight is 599 g/mol. The van der Waals surface area contributed by atoms with Gasteiger partial charge in [0.25, 0.3) is 6.43 Å². The van der Waals surface area contributed by atoms with Crippen LogP contribution in [0.1, 0.15) is 27.2 Å². The van der Waals surface area contributed by atoms with Gasteiger partial charge in [0.1, 0.15) is 22.9 Å². The van der Waals surface area contributed by atoms with Crippen LogP contribution in [-0.4, -0.2) is 76.9 Å². The molecular formula is C23H27ClF3N2O9P. The molecule has 1 amide bonds. The Kier molecular flexibility index (Phi) is 9.84. The van der Waals surface area contributed by atoms with E-state index in [1.165, 1.54) is 31.2 Å². The molecule has 2 N–H and O–H groups in total. The molecule has 2 aliphatic heterocycles. The van der Waals surface area contributed by atoms with Crippen LogP contribution in [0.25, 0.3) is 0 Å². The molecule has 1 unspecified atom stereocenters. The maximum atomic E-state index is 15.1. The predicted octanol–water partition coefficient (Wildman–Crippen LogP) is 3.06. The van der Waals surface area contributed by atoms with Gasteiger partial charge < -0.3 is 19.1 Å². The first-order valence-corrected chi connectivity index (χ1v) is 13.6. The highest BCUT2D eigenvalue weighted by molar-refractivity contribution is 7.52. The lowest BCUT2D eigenvalue weighted by molar-refractivity contribution is -0.199. The maximum Gasteiger partial charge on any atom is 0.459 e. The largest absolute Gasteiger partial charge is 0.462 e. The molecule has 0 spiro atoms. The molecule has 39 heavy (non-hydrogen) atoms. The van der Waals surface area contributed by atoms with Crippen molar-refractivity contribution in [3.63, 3.8) is 0 Å². The zero-order valence-electron chi connectivity index (χ0n) is 21.0. The zero-order valence-corrected chi connectivity index (χ0v) is 22.6. The van der Waals surface area contributed by atoms with Crippen LogP contribution in [0, 0.1) is 0 Å². The number of ketones is 1. The Morgan fingerprint density at radius 1 is 1.28 bits per heavy atom. The summed E-state index contributed by atoms with van der Waals surface area (Å²) < 4.78 is 78.3. The van der Waals surface area contributed by atoms with Crippen LogP contribution in [0.15, 0.2) is 41.6 Å². The van der Waals surface area contributed by atoms with E-state index in [0.717, 1.165) is 6.20 Å². The molecular weight excluding hydrogens is 572 g/mol. The average Bonchev–Trinajstić information content (AvgIpc) is 3.11. The van der Waals surface area contributed by atoms with Crippen molar-refractivity contribution < 1.29 is 55.7 Å². The van der Waals surface area contributed by atoms with Crippen LogP contribution in [0.2, 0.25) is 0 Å². The number of aliphatic hydroxyl groups is 1. The number of ether oxygens (including phenoxy) is 2. The Morgan fingerprint density at radius 3 is 2.51 bits per heavy atom. The number of para-hydroxylation sites is 1. The molecule has 216 valence electrons. The summed E-state index contributed by atoms with van der Waals surface area (Å²) in [6.45, 7) is 2.99. The highest BCUT2D eigenvalue weighted by atomic mass is 35.5. The van der Waals surface area contributed by atoms with Crippen molar-refractivity contribution in [2.75, 3.05) is 6.61 Å². The number of nitrogens with one attached hydrogen (secondary N) is 1. The van der Waals surface area contributed by atoms with E-state index in [4.69, 9.17) is 30.1 Å². The minimum Gasteiger partial charge on any atom is -0.462 e. The van der Waals surface area contributed by atoms with Crippen molar-refractivity contribution in [1.29, 1.82) is 0 Å². The lowest BCUT2D eigenvalue weighted by Gasteiger charge is -2.33. The minimum absolute atomic E-state index is 0.0404. The van der Waals surface area contributed by atoms with Crippen LogP contribution in [0.3, 0.4) is 0 Å². The monoisotopic (exact) mass is 598 g/mol. The molecule has 0 aliphatic carbocycles. The number of benzene rings is 1. The third kappa shape index (κ3) is 7.00. The normalized spacial score (nSPS) is 27.9. The van der Waals surface area contributed by atoms with E-state index in [1.54, 1.807) is 19.9 Å². The Labute approximate surface area is 226 Å². The van der Waals surface area contributed by atoms with E-state index in [0.29, 0.717) is 4.90 Å². The van der Waals surface area contributed by atoms with E-state index in [9.17, 15) is 32.8 Å². The first kappa shape index (κ1) is 31.1. The number of carbonyl (C=O) groups is 3. The van der Waals surface area contributed by atoms with Crippen LogP contribution >= 0.6 is 19.3 Å². The third-order valence-electron chi connectivity index (χ3n) is 5.66. The summed E-state index contributed by atoms with van der Waals surface area (Å²) in [5, 5.41) is 12.3. The summed E-state index contributed by atoms with van der Waals surface area (Å²) in [6, 6.07) is 6.05. The fraction of sp³-hybridized carbons (Fsp3) is 0.522. The van der Waals surface area contributed by atoms with Gasteiger partial charge in [0.2, 0.25) is 5.91 Å². The van der Waals surface area contributed by atoms with Crippen LogP contribution in [0.5, 0.6) is 5.75 Å². The lowest BCUT2D eigenvalue weighted by Crippen LogP contribution is -2.52. The first-order valence-electron chi connectivity index (χ1n) is 11.7. The van der Waals surface area contributed by atoms with Crippen molar-refractivity contribution in [1.82, 2.24) is 9.99 Å². The van der Waals surface area contributed by atoms with E-state index in [2.05, 4.69) is 5.09 Å². The molecule has 6 atom stereocenters. The van der Waals surface area contributed by atoms with E-state index in [-0.39, 0.29) is 5.75 Å². The van der Waals surface area contributed by atoms with Gasteiger partial charge in [0, 0.05) is 6.20 Å². The number of aliphatic hydroxyl groups excluding tert-OH is 1. The molecule has 16 heteroatoms. The van der Waals surface area contributed by atoms with Crippen LogP contribution < -0.4 is 9.61 Å². The van der Waals surface area contributed by atoms with Crippen molar-refractivity contribution in [2.45, 2.75) is 69.9 Å². The number of carbonyl (C=O) groups excluding carboxylic acids is 3. The molecule has 1 aromatic carbocycles. The molecule has 0 saturated carbocycles. The second-order valence-electron chi connectivity index (χ2n) is 9.04. The Bertz CT molecular complexity index is 1160. The molecule has 1 aromatic rings. The van der Waals surface area contributed by atoms with Gasteiger partial charge in [-0.25, -0.2) is 17.7 Å². The SMILES string of the molecule is CC(C)OC(=O)[C@H](C)NP(=O)(OC[C@@]1(C(F)F)O[C@@H](N2C=C(Cl)C(=O)CC2=O)[C@@H](F)[C@@H]1O)Oc1ccccc1. The molecule has 3 rings (SSSR count). The van der Waals surface area contributed by atoms with Crippen LogP contribution in [-0.2, 0) is 32.9 Å². The third-order valence-corrected chi connectivity index (χ3v) is 7.60. The molecule has 0 radical (unpaired) electrons. The number of rotatable bonds is 11. The summed E-state index contributed by atoms with van der Waals surface area (Å²) in [5.41, 5.74) is -3.15. The smallest absolute Gasteiger partial charge is 0.459 e. The van der Waals surface area contributed by atoms with Gasteiger partial charge >= 0.3 is 13.7 Å². The molecule has 2 aliphatic rings. The quantitative estimate of drug-likeness (QED) is 0.222. The fourth-order valence-corrected chi connectivity index (χ4v) is 5.38. The maximum absolute atomic E-state index is 15.1. The number of hydrogen-bond acceptors (Lipinski definition) is 9. The summed E-state index contributed by atoms with van der Waals surface area (Å²) >= 11 is 5.73. The Hall–Kier alpha value is -2.48. The van der Waals surface area contributed by atoms with Gasteiger partial charge in [-0.1, -0.05) is 29.8 Å². The van der Waals surface area contributed by atoms with Gasteiger partial charge in [-0.05, 0) is 32.9 Å². The van der Waals surface area contributed by atoms with Gasteiger partial charge in [0.15, 0.2) is 23.8 Å². The van der Waals surface area contributed by atoms with E-state index >= 15 is 4.39 Å². The number of alkyl halides is 3. The minimum atomic E-state index is -4.71. The summed E-state index contributed by atoms with van der Waals surface area (Å²) in [6.07, 6.45) is -11.5. The van der Waals surface area contributed by atoms with Gasteiger partial charge in [-0.3, -0.25) is 23.8 Å². The molecule has 1 fully saturated rings. The fourth-order valence-electron chi connectivity index (χ4n) is 3.67. The van der Waals surface area contributed by atoms with Gasteiger partial charge in [0.05, 0.1) is 19.1 Å². The van der Waals surface area contributed by atoms with Gasteiger partial charge in [-0.15, -0.1) is 0 Å². The van der Waals surface area contributed by atoms with Crippen molar-refractivity contribution in [3.8, 4) is 5.75 Å². The number of Topliss-reactive ketones (excluding diaryl/α,β-unsaturated/α-hetero) is 1. The summed E-state index contributed by atoms with van der Waals surface area (Å²) in [5.74, 6) is -2.68. The molecule has 0 aromatic heterocycles. The predicted molar refractivity (Wildman–Crippen MR) is 129 cm³/mol. The highest BCUT2D eigenvalue weighted by Gasteiger charge is 2.63. The van der Waals surface area contributed by atoms with Crippen molar-refractivity contribution in [3.05, 3.63) is 41.6 Å². The second-order valence-corrected chi connectivity index (χ2v) is 11.1. The second kappa shape index (κ2) is 12.4. The molecule has 11 nitrogen and oxygen atoms in total. The zero-order chi connectivity index (χ0) is 29.1. The molecule has 0 bridgehead atoms. The highest BCUT2D eigenvalue weighted by Crippen LogP contribution is 2.49. The molecule has 1 saturated heterocycles. The summed E-state index contributed by atoms with van der Waals surface area (Å²) in [7, 11) is -4.71. The standard InChI is InChI=1S/C23H27ClF3N2O9P/c1-12(2)36-21(33)13(3)28-39(34,38-14-7-5-4-6-8-14)35-11-23(22(26)27)19(32)18(25)20(37-23)29-10-15(24)16(30)9-17(29)31/h4-8,10,12-13,18-20,22,32H,9,11H2,1-3H3,(H,28,34)/t13-,18-,19-,20+,23+,39?/m0/s1.